The van der Waals surface area contributed by atoms with Crippen LogP contribution in [0.15, 0.2) is 72.9 Å². The van der Waals surface area contributed by atoms with Crippen LogP contribution in [-0.2, 0) is 4.74 Å². The zero-order chi connectivity index (χ0) is 22.7. The Labute approximate surface area is 184 Å². The maximum absolute atomic E-state index is 14.5. The number of carbonyl (C=O) groups is 2. The fourth-order valence-corrected chi connectivity index (χ4v) is 3.45. The Balaban J connectivity index is 1.87. The number of aromatic nitrogens is 1. The topological polar surface area (TPSA) is 80.3 Å². The maximum atomic E-state index is 14.5. The van der Waals surface area contributed by atoms with Crippen molar-refractivity contribution in [2.45, 2.75) is 0 Å². The van der Waals surface area contributed by atoms with Crippen molar-refractivity contribution in [3.8, 4) is 11.1 Å². The largest absolute Gasteiger partial charge is 0.465 e. The minimum atomic E-state index is -0.735. The van der Waals surface area contributed by atoms with E-state index >= 15 is 0 Å². The van der Waals surface area contributed by atoms with Gasteiger partial charge in [-0.1, -0.05) is 30.3 Å². The molecule has 0 unspecified atom stereocenters. The highest BCUT2D eigenvalue weighted by molar-refractivity contribution is 6.08. The Bertz CT molecular complexity index is 1320. The quantitative estimate of drug-likeness (QED) is 0.440. The molecule has 0 saturated heterocycles. The number of para-hydroxylation sites is 1. The van der Waals surface area contributed by atoms with E-state index in [4.69, 9.17) is 0 Å². The zero-order valence-corrected chi connectivity index (χ0v) is 17.5. The van der Waals surface area contributed by atoms with Gasteiger partial charge >= 0.3 is 5.97 Å². The summed E-state index contributed by atoms with van der Waals surface area (Å²) in [7, 11) is 2.76. The minimum absolute atomic E-state index is 0.132. The van der Waals surface area contributed by atoms with Crippen molar-refractivity contribution in [3.63, 3.8) is 0 Å². The predicted octanol–water partition coefficient (Wildman–Crippen LogP) is 4.93. The summed E-state index contributed by atoms with van der Waals surface area (Å²) >= 11 is 0. The van der Waals surface area contributed by atoms with Crippen LogP contribution in [0.3, 0.4) is 0 Å². The molecule has 3 aromatic carbocycles. The van der Waals surface area contributed by atoms with E-state index in [0.717, 1.165) is 5.69 Å². The van der Waals surface area contributed by atoms with Crippen LogP contribution in [0.25, 0.3) is 22.0 Å². The molecule has 0 aliphatic rings. The van der Waals surface area contributed by atoms with E-state index in [-0.39, 0.29) is 11.5 Å². The Morgan fingerprint density at radius 1 is 0.938 bits per heavy atom. The fraction of sp³-hybridized carbons (Fsp3) is 0.0800. The van der Waals surface area contributed by atoms with E-state index in [2.05, 4.69) is 20.4 Å². The zero-order valence-electron chi connectivity index (χ0n) is 17.5. The Morgan fingerprint density at radius 2 is 1.66 bits per heavy atom. The summed E-state index contributed by atoms with van der Waals surface area (Å²) in [6.07, 6.45) is 1.52. The number of ether oxygens (including phenoxy) is 1. The van der Waals surface area contributed by atoms with Gasteiger partial charge in [-0.2, -0.15) is 0 Å². The lowest BCUT2D eigenvalue weighted by Crippen LogP contribution is -2.19. The number of carbonyl (C=O) groups excluding carboxylic acids is 2. The molecule has 0 atom stereocenters. The van der Waals surface area contributed by atoms with E-state index in [9.17, 15) is 14.0 Å². The minimum Gasteiger partial charge on any atom is -0.465 e. The third-order valence-corrected chi connectivity index (χ3v) is 5.09. The smallest absolute Gasteiger partial charge is 0.340 e. The van der Waals surface area contributed by atoms with E-state index in [0.29, 0.717) is 33.3 Å². The summed E-state index contributed by atoms with van der Waals surface area (Å²) in [4.78, 5) is 28.6. The molecule has 1 aromatic heterocycles. The summed E-state index contributed by atoms with van der Waals surface area (Å²) < 4.78 is 19.1. The van der Waals surface area contributed by atoms with Crippen molar-refractivity contribution in [1.82, 2.24) is 10.3 Å². The highest BCUT2D eigenvalue weighted by atomic mass is 19.1. The van der Waals surface area contributed by atoms with Gasteiger partial charge in [-0.3, -0.25) is 9.78 Å². The van der Waals surface area contributed by atoms with Crippen molar-refractivity contribution in [2.24, 2.45) is 0 Å². The Kier molecular flexibility index (Phi) is 5.81. The molecule has 4 rings (SSSR count). The SMILES string of the molecule is CNC(=O)c1cnc2ccc(-c3ccc(C(=O)OC)c(F)c3)cc2c1Nc1ccccc1. The number of nitrogens with one attached hydrogen (secondary N) is 2. The first-order chi connectivity index (χ1) is 15.5. The molecular formula is C25H20FN3O3. The van der Waals surface area contributed by atoms with Gasteiger partial charge in [0, 0.05) is 24.3 Å². The third kappa shape index (κ3) is 4.00. The number of hydrogen-bond acceptors (Lipinski definition) is 5. The molecule has 0 radical (unpaired) electrons. The van der Waals surface area contributed by atoms with E-state index < -0.39 is 11.8 Å². The van der Waals surface area contributed by atoms with Gasteiger partial charge in [0.05, 0.1) is 29.4 Å². The van der Waals surface area contributed by atoms with Crippen molar-refractivity contribution in [2.75, 3.05) is 19.5 Å². The molecule has 32 heavy (non-hydrogen) atoms. The van der Waals surface area contributed by atoms with Gasteiger partial charge in [0.25, 0.3) is 5.91 Å². The Hall–Kier alpha value is -4.26. The van der Waals surface area contributed by atoms with Crippen molar-refractivity contribution >= 4 is 34.2 Å². The summed E-state index contributed by atoms with van der Waals surface area (Å²) in [5.41, 5.74) is 3.61. The van der Waals surface area contributed by atoms with Crippen LogP contribution in [0.4, 0.5) is 15.8 Å². The molecule has 0 aliphatic carbocycles. The molecule has 4 aromatic rings. The molecule has 0 bridgehead atoms. The van der Waals surface area contributed by atoms with Crippen LogP contribution < -0.4 is 10.6 Å². The van der Waals surface area contributed by atoms with Crippen LogP contribution in [0.2, 0.25) is 0 Å². The first kappa shape index (κ1) is 21.0. The monoisotopic (exact) mass is 429 g/mol. The second-order valence-corrected chi connectivity index (χ2v) is 7.04. The van der Waals surface area contributed by atoms with Gasteiger partial charge in [-0.25, -0.2) is 9.18 Å². The van der Waals surface area contributed by atoms with Crippen LogP contribution in [0, 0.1) is 5.82 Å². The molecule has 160 valence electrons. The molecule has 0 aliphatic heterocycles. The first-order valence-electron chi connectivity index (χ1n) is 9.87. The van der Waals surface area contributed by atoms with Crippen molar-refractivity contribution in [1.29, 1.82) is 0 Å². The van der Waals surface area contributed by atoms with Crippen molar-refractivity contribution < 1.29 is 18.7 Å². The predicted molar refractivity (Wildman–Crippen MR) is 122 cm³/mol. The summed E-state index contributed by atoms with van der Waals surface area (Å²) in [5.74, 6) is -1.69. The average Bonchev–Trinajstić information content (AvgIpc) is 2.83. The number of hydrogen-bond donors (Lipinski definition) is 2. The summed E-state index contributed by atoms with van der Waals surface area (Å²) in [6.45, 7) is 0. The van der Waals surface area contributed by atoms with Gasteiger partial charge in [0.15, 0.2) is 0 Å². The summed E-state index contributed by atoms with van der Waals surface area (Å²) in [5, 5.41) is 6.65. The van der Waals surface area contributed by atoms with Gasteiger partial charge in [0.2, 0.25) is 0 Å². The molecule has 0 spiro atoms. The number of rotatable bonds is 5. The molecule has 1 heterocycles. The maximum Gasteiger partial charge on any atom is 0.340 e. The van der Waals surface area contributed by atoms with Gasteiger partial charge in [-0.15, -0.1) is 0 Å². The number of benzene rings is 3. The number of esters is 1. The fourth-order valence-electron chi connectivity index (χ4n) is 3.45. The number of anilines is 2. The number of amides is 1. The molecule has 6 nitrogen and oxygen atoms in total. The van der Waals surface area contributed by atoms with E-state index in [1.807, 2.05) is 42.5 Å². The Morgan fingerprint density at radius 3 is 2.34 bits per heavy atom. The lowest BCUT2D eigenvalue weighted by atomic mass is 9.99. The normalized spacial score (nSPS) is 10.6. The van der Waals surface area contributed by atoms with Crippen LogP contribution in [0.1, 0.15) is 20.7 Å². The molecule has 1 amide bonds. The van der Waals surface area contributed by atoms with Crippen LogP contribution in [-0.4, -0.2) is 31.0 Å². The highest BCUT2D eigenvalue weighted by Crippen LogP contribution is 2.33. The molecule has 0 fully saturated rings. The number of fused-ring (bicyclic) bond motifs is 1. The third-order valence-electron chi connectivity index (χ3n) is 5.09. The first-order valence-corrected chi connectivity index (χ1v) is 9.87. The molecular weight excluding hydrogens is 409 g/mol. The van der Waals surface area contributed by atoms with Gasteiger partial charge in [0.1, 0.15) is 5.82 Å². The second-order valence-electron chi connectivity index (χ2n) is 7.04. The molecule has 0 saturated carbocycles. The van der Waals surface area contributed by atoms with Gasteiger partial charge < -0.3 is 15.4 Å². The molecule has 7 heteroatoms. The lowest BCUT2D eigenvalue weighted by Gasteiger charge is -2.15. The standard InChI is InChI=1S/C25H20FN3O3/c1-27-24(30)20-14-28-22-11-9-15(16-8-10-18(21(26)13-16)25(31)32-2)12-19(22)23(20)29-17-6-4-3-5-7-17/h3-14H,1-2H3,(H,27,30)(H,28,29). The van der Waals surface area contributed by atoms with E-state index in [1.165, 1.54) is 25.4 Å². The lowest BCUT2D eigenvalue weighted by molar-refractivity contribution is 0.0595. The average molecular weight is 429 g/mol. The van der Waals surface area contributed by atoms with E-state index in [1.54, 1.807) is 19.2 Å². The van der Waals surface area contributed by atoms with Crippen LogP contribution in [0.5, 0.6) is 0 Å². The number of halogens is 1. The number of nitrogens with zero attached hydrogens (tertiary/aromatic N) is 1. The number of methoxy groups -OCH3 is 1. The highest BCUT2D eigenvalue weighted by Gasteiger charge is 2.17. The van der Waals surface area contributed by atoms with Crippen molar-refractivity contribution in [3.05, 3.63) is 89.9 Å². The van der Waals surface area contributed by atoms with Crippen LogP contribution >= 0.6 is 0 Å². The second kappa shape index (κ2) is 8.85. The molecule has 2 N–H and O–H groups in total. The summed E-state index contributed by atoms with van der Waals surface area (Å²) in [6, 6.07) is 19.3. The van der Waals surface area contributed by atoms with Gasteiger partial charge in [-0.05, 0) is 47.5 Å². The number of pyridine rings is 1.